The molecule has 0 aliphatic carbocycles. The van der Waals surface area contributed by atoms with E-state index in [0.717, 1.165) is 18.4 Å². The smallest absolute Gasteiger partial charge is 0.257 e. The Morgan fingerprint density at radius 2 is 1.74 bits per heavy atom. The van der Waals surface area contributed by atoms with Gasteiger partial charge in [-0.3, -0.25) is 9.59 Å². The molecule has 2 N–H and O–H groups in total. The van der Waals surface area contributed by atoms with Gasteiger partial charge in [0, 0.05) is 48.4 Å². The van der Waals surface area contributed by atoms with E-state index in [1.807, 2.05) is 34.9 Å². The number of amides is 2. The minimum Gasteiger partial charge on any atom is -0.381 e. The highest BCUT2D eigenvalue weighted by Crippen LogP contribution is 2.15. The molecule has 0 radical (unpaired) electrons. The number of nitrogens with one attached hydrogen (secondary N) is 2. The van der Waals surface area contributed by atoms with Gasteiger partial charge in [-0.05, 0) is 55.3 Å². The molecule has 138 valence electrons. The van der Waals surface area contributed by atoms with Crippen molar-refractivity contribution in [1.82, 2.24) is 9.72 Å². The van der Waals surface area contributed by atoms with Gasteiger partial charge in [-0.15, -0.1) is 0 Å². The number of fused-ring (bicyclic) bond motifs is 1. The fourth-order valence-electron chi connectivity index (χ4n) is 3.20. The SMILES string of the molecule is O=C(Nc1ccc(C(=O)NC2CCOCC2)cc1)c1cc2ccccn2c1. The van der Waals surface area contributed by atoms with Crippen molar-refractivity contribution in [1.29, 1.82) is 0 Å². The third-order valence-corrected chi connectivity index (χ3v) is 4.73. The van der Waals surface area contributed by atoms with E-state index in [2.05, 4.69) is 10.6 Å². The molecule has 2 amide bonds. The van der Waals surface area contributed by atoms with Crippen LogP contribution in [0, 0.1) is 0 Å². The molecule has 2 aromatic heterocycles. The number of carbonyl (C=O) groups is 2. The summed E-state index contributed by atoms with van der Waals surface area (Å²) in [6, 6.07) is 14.7. The first-order valence-electron chi connectivity index (χ1n) is 9.06. The molecule has 1 fully saturated rings. The Hall–Kier alpha value is -3.12. The Labute approximate surface area is 157 Å². The molecule has 1 saturated heterocycles. The average molecular weight is 363 g/mol. The second-order valence-corrected chi connectivity index (χ2v) is 6.65. The molecule has 0 unspecified atom stereocenters. The molecule has 0 saturated carbocycles. The highest BCUT2D eigenvalue weighted by Gasteiger charge is 2.17. The molecule has 3 heterocycles. The van der Waals surface area contributed by atoms with Crippen molar-refractivity contribution in [3.05, 3.63) is 72.1 Å². The normalized spacial score (nSPS) is 14.8. The molecule has 1 aliphatic heterocycles. The van der Waals surface area contributed by atoms with Gasteiger partial charge in [0.15, 0.2) is 0 Å². The van der Waals surface area contributed by atoms with Crippen LogP contribution in [-0.4, -0.2) is 35.5 Å². The maximum absolute atomic E-state index is 12.4. The first-order chi connectivity index (χ1) is 13.2. The second-order valence-electron chi connectivity index (χ2n) is 6.65. The fourth-order valence-corrected chi connectivity index (χ4v) is 3.20. The number of aromatic nitrogens is 1. The van der Waals surface area contributed by atoms with Gasteiger partial charge in [0.05, 0.1) is 5.56 Å². The summed E-state index contributed by atoms with van der Waals surface area (Å²) in [4.78, 5) is 24.8. The Balaban J connectivity index is 1.39. The van der Waals surface area contributed by atoms with Crippen LogP contribution in [0.2, 0.25) is 0 Å². The lowest BCUT2D eigenvalue weighted by Gasteiger charge is -2.23. The van der Waals surface area contributed by atoms with Crippen LogP contribution in [0.25, 0.3) is 5.52 Å². The van der Waals surface area contributed by atoms with Crippen LogP contribution in [0.4, 0.5) is 5.69 Å². The predicted molar refractivity (Wildman–Crippen MR) is 103 cm³/mol. The average Bonchev–Trinajstić information content (AvgIpc) is 3.14. The lowest BCUT2D eigenvalue weighted by Crippen LogP contribution is -2.38. The van der Waals surface area contributed by atoms with Crippen LogP contribution in [0.3, 0.4) is 0 Å². The van der Waals surface area contributed by atoms with Gasteiger partial charge in [-0.2, -0.15) is 0 Å². The minimum absolute atomic E-state index is 0.0986. The van der Waals surface area contributed by atoms with E-state index in [-0.39, 0.29) is 17.9 Å². The Kier molecular flexibility index (Phi) is 4.89. The number of nitrogens with zero attached hydrogens (tertiary/aromatic N) is 1. The fraction of sp³-hybridized carbons (Fsp3) is 0.238. The van der Waals surface area contributed by atoms with Crippen LogP contribution in [0.1, 0.15) is 33.6 Å². The van der Waals surface area contributed by atoms with E-state index in [9.17, 15) is 9.59 Å². The summed E-state index contributed by atoms with van der Waals surface area (Å²) in [5.74, 6) is -0.281. The van der Waals surface area contributed by atoms with E-state index < -0.39 is 0 Å². The summed E-state index contributed by atoms with van der Waals surface area (Å²) in [5, 5.41) is 5.89. The third-order valence-electron chi connectivity index (χ3n) is 4.73. The van der Waals surface area contributed by atoms with Gasteiger partial charge in [0.25, 0.3) is 11.8 Å². The van der Waals surface area contributed by atoms with Crippen molar-refractivity contribution in [2.75, 3.05) is 18.5 Å². The van der Waals surface area contributed by atoms with Crippen molar-refractivity contribution in [3.8, 4) is 0 Å². The van der Waals surface area contributed by atoms with E-state index in [1.165, 1.54) is 0 Å². The first kappa shape index (κ1) is 17.3. The van der Waals surface area contributed by atoms with Crippen LogP contribution >= 0.6 is 0 Å². The molecule has 3 aromatic rings. The molecule has 1 aliphatic rings. The maximum Gasteiger partial charge on any atom is 0.257 e. The van der Waals surface area contributed by atoms with Crippen molar-refractivity contribution in [3.63, 3.8) is 0 Å². The number of pyridine rings is 1. The lowest BCUT2D eigenvalue weighted by atomic mass is 10.1. The van der Waals surface area contributed by atoms with Crippen LogP contribution in [0.5, 0.6) is 0 Å². The number of rotatable bonds is 4. The Morgan fingerprint density at radius 1 is 0.963 bits per heavy atom. The van der Waals surface area contributed by atoms with Gasteiger partial charge in [-0.25, -0.2) is 0 Å². The van der Waals surface area contributed by atoms with Gasteiger partial charge in [0.1, 0.15) is 0 Å². The van der Waals surface area contributed by atoms with Gasteiger partial charge in [-0.1, -0.05) is 6.07 Å². The molecule has 0 spiro atoms. The lowest BCUT2D eigenvalue weighted by molar-refractivity contribution is 0.0696. The first-order valence-corrected chi connectivity index (χ1v) is 9.06. The number of hydrogen-bond donors (Lipinski definition) is 2. The number of hydrogen-bond acceptors (Lipinski definition) is 3. The Morgan fingerprint density at radius 3 is 2.48 bits per heavy atom. The van der Waals surface area contributed by atoms with E-state index >= 15 is 0 Å². The molecular formula is C21H21N3O3. The van der Waals surface area contributed by atoms with Gasteiger partial charge >= 0.3 is 0 Å². The Bertz CT molecular complexity index is 923. The van der Waals surface area contributed by atoms with E-state index in [4.69, 9.17) is 4.74 Å². The zero-order valence-electron chi connectivity index (χ0n) is 14.9. The van der Waals surface area contributed by atoms with Crippen LogP contribution in [0.15, 0.2) is 60.9 Å². The van der Waals surface area contributed by atoms with Gasteiger partial charge < -0.3 is 19.8 Å². The standard InChI is InChI=1S/C21H21N3O3/c25-20(23-18-8-11-27-12-9-18)15-4-6-17(7-5-15)22-21(26)16-13-19-3-1-2-10-24(19)14-16/h1-7,10,13-14,18H,8-9,11-12H2,(H,22,26)(H,23,25). The number of anilines is 1. The maximum atomic E-state index is 12.4. The number of benzene rings is 1. The molecule has 0 atom stereocenters. The van der Waals surface area contributed by atoms with Crippen molar-refractivity contribution < 1.29 is 14.3 Å². The summed E-state index contributed by atoms with van der Waals surface area (Å²) in [6.45, 7) is 1.37. The molecule has 6 heteroatoms. The topological polar surface area (TPSA) is 71.8 Å². The molecule has 0 bridgehead atoms. The second kappa shape index (κ2) is 7.63. The molecule has 4 rings (SSSR count). The van der Waals surface area contributed by atoms with Crippen molar-refractivity contribution in [2.24, 2.45) is 0 Å². The van der Waals surface area contributed by atoms with Crippen molar-refractivity contribution >= 4 is 23.0 Å². The van der Waals surface area contributed by atoms with E-state index in [0.29, 0.717) is 30.0 Å². The van der Waals surface area contributed by atoms with E-state index in [1.54, 1.807) is 30.5 Å². The molecule has 1 aromatic carbocycles. The molecule has 6 nitrogen and oxygen atoms in total. The number of carbonyl (C=O) groups excluding carboxylic acids is 2. The molecular weight excluding hydrogens is 342 g/mol. The highest BCUT2D eigenvalue weighted by atomic mass is 16.5. The molecule has 27 heavy (non-hydrogen) atoms. The predicted octanol–water partition coefficient (Wildman–Crippen LogP) is 3.10. The number of ether oxygens (including phenoxy) is 1. The van der Waals surface area contributed by atoms with Crippen LogP contribution < -0.4 is 10.6 Å². The largest absolute Gasteiger partial charge is 0.381 e. The summed E-state index contributed by atoms with van der Waals surface area (Å²) in [7, 11) is 0. The summed E-state index contributed by atoms with van der Waals surface area (Å²) < 4.78 is 7.20. The van der Waals surface area contributed by atoms with Crippen LogP contribution in [-0.2, 0) is 4.74 Å². The highest BCUT2D eigenvalue weighted by molar-refractivity contribution is 6.05. The zero-order valence-corrected chi connectivity index (χ0v) is 14.9. The summed E-state index contributed by atoms with van der Waals surface area (Å²) in [6.07, 6.45) is 5.37. The quantitative estimate of drug-likeness (QED) is 0.748. The van der Waals surface area contributed by atoms with Crippen molar-refractivity contribution in [2.45, 2.75) is 18.9 Å². The summed E-state index contributed by atoms with van der Waals surface area (Å²) in [5.41, 5.74) is 2.78. The summed E-state index contributed by atoms with van der Waals surface area (Å²) >= 11 is 0. The van der Waals surface area contributed by atoms with Gasteiger partial charge in [0.2, 0.25) is 0 Å². The monoisotopic (exact) mass is 363 g/mol. The zero-order chi connectivity index (χ0) is 18.6. The minimum atomic E-state index is -0.182. The third kappa shape index (κ3) is 4.01.